The molecular formula is C45H54ClN7O7S. The van der Waals surface area contributed by atoms with Crippen molar-refractivity contribution in [1.29, 1.82) is 0 Å². The van der Waals surface area contributed by atoms with Crippen LogP contribution in [0.25, 0.3) is 11.0 Å². The number of ether oxygens (including phenoxy) is 2. The fraction of sp³-hybridized carbons (Fsp3) is 0.511. The number of pyridine rings is 1. The van der Waals surface area contributed by atoms with Gasteiger partial charge < -0.3 is 24.7 Å². The highest BCUT2D eigenvalue weighted by molar-refractivity contribution is 7.90. The monoisotopic (exact) mass is 871 g/mol. The van der Waals surface area contributed by atoms with Crippen molar-refractivity contribution in [1.82, 2.24) is 19.6 Å². The lowest BCUT2D eigenvalue weighted by Gasteiger charge is -2.40. The van der Waals surface area contributed by atoms with Crippen molar-refractivity contribution in [2.45, 2.75) is 69.1 Å². The number of nitro groups is 1. The molecule has 2 aromatic carbocycles. The molecule has 0 spiro atoms. The smallest absolute Gasteiger partial charge is 0.293 e. The Morgan fingerprint density at radius 1 is 1.07 bits per heavy atom. The molecular weight excluding hydrogens is 818 g/mol. The van der Waals surface area contributed by atoms with E-state index in [1.807, 2.05) is 6.07 Å². The number of nitrogens with zero attached hydrogens (tertiary/aromatic N) is 4. The molecule has 2 unspecified atom stereocenters. The first-order chi connectivity index (χ1) is 29.3. The molecule has 14 nitrogen and oxygen atoms in total. The number of sulfonamides is 1. The van der Waals surface area contributed by atoms with Crippen LogP contribution in [0.1, 0.15) is 69.2 Å². The number of aromatic amines is 1. The van der Waals surface area contributed by atoms with E-state index in [9.17, 15) is 23.3 Å². The van der Waals surface area contributed by atoms with Crippen molar-refractivity contribution >= 4 is 55.6 Å². The summed E-state index contributed by atoms with van der Waals surface area (Å²) in [6.45, 7) is 10.8. The summed E-state index contributed by atoms with van der Waals surface area (Å²) in [6.07, 6.45) is 10.9. The standard InChI is InChI=1S/C45H54ClN7O7S/c1-45(2)11-7-30(38(24-45)36-23-39(46)37-22-35(36)37)27-51-13-15-52(16-14-51)31-3-5-34(42(20-31)60-32-19-29-8-12-47-43(29)49-26-32)44(54)50-61(57,58)33-4-6-40(41(21-33)53(55)56)48-25-28-9-17-59-18-10-28/h3-6,8,12,19-21,26,28,35-37,39,48H,7,9-11,13-18,22-25,27H2,1-2H3,(H,47,49)(H,50,54)/t35?,36-,37?,39+/m1/s1. The quantitative estimate of drug-likeness (QED) is 0.0513. The van der Waals surface area contributed by atoms with Gasteiger partial charge in [0.2, 0.25) is 0 Å². The fourth-order valence-corrected chi connectivity index (χ4v) is 11.5. The lowest BCUT2D eigenvalue weighted by atomic mass is 9.70. The predicted octanol–water partition coefficient (Wildman–Crippen LogP) is 8.11. The number of carbonyl (C=O) groups is 1. The molecule has 2 saturated heterocycles. The Bertz CT molecular complexity index is 2460. The molecule has 0 bridgehead atoms. The van der Waals surface area contributed by atoms with E-state index in [1.165, 1.54) is 31.2 Å². The van der Waals surface area contributed by atoms with Gasteiger partial charge in [-0.25, -0.2) is 18.1 Å². The second-order valence-corrected chi connectivity index (χ2v) is 20.6. The highest BCUT2D eigenvalue weighted by Crippen LogP contribution is 2.61. The summed E-state index contributed by atoms with van der Waals surface area (Å²) in [7, 11) is -4.54. The van der Waals surface area contributed by atoms with Gasteiger partial charge in [-0.15, -0.1) is 11.6 Å². The van der Waals surface area contributed by atoms with Crippen molar-refractivity contribution in [3.05, 3.63) is 87.7 Å². The summed E-state index contributed by atoms with van der Waals surface area (Å²) < 4.78 is 41.2. The lowest BCUT2D eigenvalue weighted by Crippen LogP contribution is -2.47. The van der Waals surface area contributed by atoms with Crippen LogP contribution in [0, 0.1) is 39.2 Å². The number of fused-ring (bicyclic) bond motifs is 2. The van der Waals surface area contributed by atoms with Crippen LogP contribution in [-0.4, -0.2) is 92.0 Å². The Morgan fingerprint density at radius 3 is 2.61 bits per heavy atom. The molecule has 4 atom stereocenters. The minimum absolute atomic E-state index is 0.0203. The van der Waals surface area contributed by atoms with Gasteiger partial charge in [-0.1, -0.05) is 25.0 Å². The molecule has 3 aliphatic carbocycles. The van der Waals surface area contributed by atoms with Crippen LogP contribution in [0.2, 0.25) is 0 Å². The fourth-order valence-electron chi connectivity index (χ4n) is 10.00. The maximum absolute atomic E-state index is 13.9. The van der Waals surface area contributed by atoms with Crippen LogP contribution in [0.5, 0.6) is 11.5 Å². The second kappa shape index (κ2) is 16.9. The maximum Gasteiger partial charge on any atom is 0.293 e. The van der Waals surface area contributed by atoms with Gasteiger partial charge in [-0.3, -0.25) is 19.8 Å². The maximum atomic E-state index is 13.9. The van der Waals surface area contributed by atoms with E-state index in [1.54, 1.807) is 41.6 Å². The predicted molar refractivity (Wildman–Crippen MR) is 235 cm³/mol. The SMILES string of the molecule is CC1(C)CCC(CN2CCN(c3ccc(C(=O)NS(=O)(=O)c4ccc(NCC5CCOCC5)c([N+](=O)[O-])c4)c(Oc4cnc5[nH]ccc5c4)c3)CC2)=C([C@@H]2C[C@H](Cl)C3CC32)C1. The average molecular weight is 872 g/mol. The molecule has 4 heterocycles. The second-order valence-electron chi connectivity index (χ2n) is 18.3. The number of hydrogen-bond acceptors (Lipinski definition) is 11. The number of anilines is 2. The molecule has 4 fully saturated rings. The molecule has 4 aromatic rings. The first-order valence-corrected chi connectivity index (χ1v) is 23.5. The van der Waals surface area contributed by atoms with Crippen molar-refractivity contribution in [3.63, 3.8) is 0 Å². The van der Waals surface area contributed by atoms with Gasteiger partial charge >= 0.3 is 0 Å². The van der Waals surface area contributed by atoms with E-state index >= 15 is 0 Å². The topological polar surface area (TPSA) is 172 Å². The number of benzene rings is 2. The van der Waals surface area contributed by atoms with E-state index in [0.29, 0.717) is 53.8 Å². The van der Waals surface area contributed by atoms with Crippen molar-refractivity contribution < 1.29 is 27.6 Å². The summed E-state index contributed by atoms with van der Waals surface area (Å²) in [5.74, 6) is 1.96. The Balaban J connectivity index is 0.921. The van der Waals surface area contributed by atoms with Crippen LogP contribution in [0.4, 0.5) is 17.1 Å². The van der Waals surface area contributed by atoms with Gasteiger partial charge in [-0.05, 0) is 110 Å². The van der Waals surface area contributed by atoms with Crippen LogP contribution >= 0.6 is 11.6 Å². The number of piperazine rings is 1. The summed E-state index contributed by atoms with van der Waals surface area (Å²) in [5.41, 5.74) is 4.91. The number of hydrogen-bond donors (Lipinski definition) is 3. The number of carbonyl (C=O) groups excluding carboxylic acids is 1. The van der Waals surface area contributed by atoms with E-state index in [0.717, 1.165) is 87.9 Å². The van der Waals surface area contributed by atoms with Crippen molar-refractivity contribution in [2.24, 2.45) is 29.1 Å². The molecule has 3 N–H and O–H groups in total. The largest absolute Gasteiger partial charge is 0.455 e. The molecule has 2 aromatic heterocycles. The summed E-state index contributed by atoms with van der Waals surface area (Å²) >= 11 is 6.78. The van der Waals surface area contributed by atoms with Gasteiger partial charge in [0.25, 0.3) is 21.6 Å². The summed E-state index contributed by atoms with van der Waals surface area (Å²) in [4.78, 5) is 37.3. The highest BCUT2D eigenvalue weighted by Gasteiger charge is 2.55. The number of allylic oxidation sites excluding steroid dienone is 1. The molecule has 2 saturated carbocycles. The molecule has 0 radical (unpaired) electrons. The normalized spacial score (nSPS) is 24.4. The molecule has 16 heteroatoms. The van der Waals surface area contributed by atoms with Gasteiger partial charge in [-0.2, -0.15) is 0 Å². The number of amides is 1. The molecule has 5 aliphatic rings. The Kier molecular flexibility index (Phi) is 11.5. The Labute approximate surface area is 361 Å². The number of halogens is 1. The van der Waals surface area contributed by atoms with Crippen molar-refractivity contribution in [3.8, 4) is 11.5 Å². The van der Waals surface area contributed by atoms with Crippen LogP contribution in [0.3, 0.4) is 0 Å². The average Bonchev–Trinajstić information content (AvgIpc) is 3.79. The number of H-pyrrole nitrogens is 1. The summed E-state index contributed by atoms with van der Waals surface area (Å²) in [6, 6.07) is 12.4. The van der Waals surface area contributed by atoms with Gasteiger partial charge in [0.15, 0.2) is 0 Å². The molecule has 324 valence electrons. The molecule has 9 rings (SSSR count). The molecule has 2 aliphatic heterocycles. The number of rotatable bonds is 13. The van der Waals surface area contributed by atoms with E-state index in [-0.39, 0.29) is 22.9 Å². The highest BCUT2D eigenvalue weighted by atomic mass is 35.5. The van der Waals surface area contributed by atoms with Crippen molar-refractivity contribution in [2.75, 3.05) is 62.7 Å². The van der Waals surface area contributed by atoms with Gasteiger partial charge in [0.05, 0.1) is 21.6 Å². The first-order valence-electron chi connectivity index (χ1n) is 21.5. The minimum atomic E-state index is -4.54. The minimum Gasteiger partial charge on any atom is -0.455 e. The number of nitrogens with one attached hydrogen (secondary N) is 3. The number of aromatic nitrogens is 2. The third-order valence-corrected chi connectivity index (χ3v) is 15.4. The lowest BCUT2D eigenvalue weighted by molar-refractivity contribution is -0.384. The zero-order chi connectivity index (χ0) is 42.5. The van der Waals surface area contributed by atoms with E-state index in [2.05, 4.69) is 43.7 Å². The number of nitro benzene ring substituents is 1. The van der Waals surface area contributed by atoms with Gasteiger partial charge in [0, 0.05) is 87.3 Å². The van der Waals surface area contributed by atoms with Crippen LogP contribution in [0.15, 0.2) is 77.0 Å². The zero-order valence-electron chi connectivity index (χ0n) is 34.7. The first kappa shape index (κ1) is 41.6. The van der Waals surface area contributed by atoms with E-state index in [4.69, 9.17) is 21.1 Å². The third-order valence-electron chi connectivity index (χ3n) is 13.6. The third kappa shape index (κ3) is 9.11. The van der Waals surface area contributed by atoms with Crippen LogP contribution in [-0.2, 0) is 14.8 Å². The van der Waals surface area contributed by atoms with E-state index < -0.39 is 31.4 Å². The Hall–Kier alpha value is -4.70. The zero-order valence-corrected chi connectivity index (χ0v) is 36.3. The molecule has 1 amide bonds. The Morgan fingerprint density at radius 2 is 1.87 bits per heavy atom. The molecule has 61 heavy (non-hydrogen) atoms. The van der Waals surface area contributed by atoms with Crippen LogP contribution < -0.4 is 19.7 Å². The number of alkyl halides is 1. The van der Waals surface area contributed by atoms with Gasteiger partial charge in [0.1, 0.15) is 22.8 Å². The summed E-state index contributed by atoms with van der Waals surface area (Å²) in [5, 5.41) is 16.3.